The van der Waals surface area contributed by atoms with Crippen molar-refractivity contribution in [3.8, 4) is 0 Å². The van der Waals surface area contributed by atoms with Crippen LogP contribution in [-0.2, 0) is 4.79 Å². The molecule has 0 spiro atoms. The van der Waals surface area contributed by atoms with E-state index in [9.17, 15) is 4.79 Å². The second-order valence-electron chi connectivity index (χ2n) is 5.16. The van der Waals surface area contributed by atoms with Crippen LogP contribution in [0.2, 0.25) is 0 Å². The van der Waals surface area contributed by atoms with E-state index in [-0.39, 0.29) is 12.5 Å². The van der Waals surface area contributed by atoms with Gasteiger partial charge in [-0.1, -0.05) is 0 Å². The lowest BCUT2D eigenvalue weighted by molar-refractivity contribution is -0.132. The Kier molecular flexibility index (Phi) is 3.82. The number of likely N-dealkylation sites (tertiary alicyclic amines) is 1. The third-order valence-electron chi connectivity index (χ3n) is 3.71. The fourth-order valence-electron chi connectivity index (χ4n) is 2.41. The molecule has 1 amide bonds. The first-order chi connectivity index (χ1) is 7.70. The first-order valence-corrected chi connectivity index (χ1v) is 6.29. The van der Waals surface area contributed by atoms with Crippen LogP contribution in [0.1, 0.15) is 25.7 Å². The van der Waals surface area contributed by atoms with Gasteiger partial charge in [0.15, 0.2) is 0 Å². The van der Waals surface area contributed by atoms with Crippen LogP contribution in [0, 0.1) is 5.92 Å². The van der Waals surface area contributed by atoms with E-state index in [0.717, 1.165) is 25.9 Å². The van der Waals surface area contributed by atoms with Gasteiger partial charge in [0.1, 0.15) is 0 Å². The average Bonchev–Trinajstić information content (AvgIpc) is 3.12. The van der Waals surface area contributed by atoms with Crippen molar-refractivity contribution in [2.45, 2.75) is 31.7 Å². The Labute approximate surface area is 97.2 Å². The quantitative estimate of drug-likeness (QED) is 0.750. The van der Waals surface area contributed by atoms with Gasteiger partial charge in [0.25, 0.3) is 0 Å². The van der Waals surface area contributed by atoms with Gasteiger partial charge >= 0.3 is 0 Å². The minimum atomic E-state index is 0.237. The van der Waals surface area contributed by atoms with Gasteiger partial charge < -0.3 is 10.0 Å². The zero-order valence-electron chi connectivity index (χ0n) is 10.1. The van der Waals surface area contributed by atoms with Crippen molar-refractivity contribution in [3.05, 3.63) is 0 Å². The van der Waals surface area contributed by atoms with Crippen LogP contribution in [0.25, 0.3) is 0 Å². The SMILES string of the molecule is CN(C(=O)CN1CCCC(CO)C1)C1CC1. The van der Waals surface area contributed by atoms with Gasteiger partial charge in [-0.2, -0.15) is 0 Å². The van der Waals surface area contributed by atoms with E-state index in [1.807, 2.05) is 11.9 Å². The van der Waals surface area contributed by atoms with E-state index in [1.165, 1.54) is 12.8 Å². The van der Waals surface area contributed by atoms with Crippen molar-refractivity contribution in [2.24, 2.45) is 5.92 Å². The third kappa shape index (κ3) is 2.95. The van der Waals surface area contributed by atoms with Crippen LogP contribution in [0.5, 0.6) is 0 Å². The number of rotatable bonds is 4. The average molecular weight is 226 g/mol. The Morgan fingerprint density at radius 2 is 2.19 bits per heavy atom. The molecule has 0 radical (unpaired) electrons. The van der Waals surface area contributed by atoms with Crippen molar-refractivity contribution in [1.82, 2.24) is 9.80 Å². The van der Waals surface area contributed by atoms with Crippen LogP contribution in [0.15, 0.2) is 0 Å². The maximum atomic E-state index is 11.9. The molecule has 0 aromatic rings. The summed E-state index contributed by atoms with van der Waals surface area (Å²) < 4.78 is 0. The second-order valence-corrected chi connectivity index (χ2v) is 5.16. The molecule has 2 aliphatic rings. The van der Waals surface area contributed by atoms with E-state index >= 15 is 0 Å². The summed E-state index contributed by atoms with van der Waals surface area (Å²) in [5.74, 6) is 0.605. The van der Waals surface area contributed by atoms with Crippen LogP contribution in [0.3, 0.4) is 0 Å². The fourth-order valence-corrected chi connectivity index (χ4v) is 2.41. The molecular formula is C12H22N2O2. The topological polar surface area (TPSA) is 43.8 Å². The number of hydrogen-bond donors (Lipinski definition) is 1. The summed E-state index contributed by atoms with van der Waals surface area (Å²) in [7, 11) is 1.91. The van der Waals surface area contributed by atoms with E-state index in [1.54, 1.807) is 0 Å². The molecular weight excluding hydrogens is 204 g/mol. The molecule has 1 heterocycles. The zero-order chi connectivity index (χ0) is 11.5. The van der Waals surface area contributed by atoms with E-state index in [4.69, 9.17) is 5.11 Å². The summed E-state index contributed by atoms with van der Waals surface area (Å²) in [4.78, 5) is 16.0. The highest BCUT2D eigenvalue weighted by atomic mass is 16.3. The number of carbonyl (C=O) groups is 1. The highest BCUT2D eigenvalue weighted by molar-refractivity contribution is 5.78. The molecule has 16 heavy (non-hydrogen) atoms. The molecule has 0 bridgehead atoms. The second kappa shape index (κ2) is 5.15. The Morgan fingerprint density at radius 1 is 1.44 bits per heavy atom. The standard InChI is InChI=1S/C12H22N2O2/c1-13(11-4-5-11)12(16)8-14-6-2-3-10(7-14)9-15/h10-11,15H,2-9H2,1H3. The third-order valence-corrected chi connectivity index (χ3v) is 3.71. The Hall–Kier alpha value is -0.610. The van der Waals surface area contributed by atoms with E-state index in [0.29, 0.717) is 18.5 Å². The summed E-state index contributed by atoms with van der Waals surface area (Å²) in [5, 5.41) is 9.13. The largest absolute Gasteiger partial charge is 0.396 e. The lowest BCUT2D eigenvalue weighted by Crippen LogP contribution is -2.44. The number of aliphatic hydroxyl groups is 1. The van der Waals surface area contributed by atoms with Crippen molar-refractivity contribution in [2.75, 3.05) is 33.3 Å². The molecule has 1 N–H and O–H groups in total. The summed E-state index contributed by atoms with van der Waals surface area (Å²) in [6, 6.07) is 0.505. The number of hydrogen-bond acceptors (Lipinski definition) is 3. The predicted octanol–water partition coefficient (Wildman–Crippen LogP) is 0.311. The first kappa shape index (κ1) is 11.9. The van der Waals surface area contributed by atoms with E-state index < -0.39 is 0 Å². The summed E-state index contributed by atoms with van der Waals surface area (Å²) in [5.41, 5.74) is 0. The van der Waals surface area contributed by atoms with Crippen LogP contribution >= 0.6 is 0 Å². The van der Waals surface area contributed by atoms with Crippen LogP contribution in [-0.4, -0.2) is 60.1 Å². The Morgan fingerprint density at radius 3 is 2.81 bits per heavy atom. The molecule has 4 nitrogen and oxygen atoms in total. The van der Waals surface area contributed by atoms with Crippen LogP contribution < -0.4 is 0 Å². The van der Waals surface area contributed by atoms with Gasteiger partial charge in [0.2, 0.25) is 5.91 Å². The smallest absolute Gasteiger partial charge is 0.236 e. The van der Waals surface area contributed by atoms with Gasteiger partial charge in [0.05, 0.1) is 6.54 Å². The molecule has 1 unspecified atom stereocenters. The minimum Gasteiger partial charge on any atom is -0.396 e. The maximum Gasteiger partial charge on any atom is 0.236 e. The van der Waals surface area contributed by atoms with Crippen LogP contribution in [0.4, 0.5) is 0 Å². The molecule has 0 aromatic heterocycles. The number of nitrogens with zero attached hydrogens (tertiary/aromatic N) is 2. The summed E-state index contributed by atoms with van der Waals surface area (Å²) in [6.07, 6.45) is 4.54. The van der Waals surface area contributed by atoms with Gasteiger partial charge in [-0.15, -0.1) is 0 Å². The number of likely N-dealkylation sites (N-methyl/N-ethyl adjacent to an activating group) is 1. The normalized spacial score (nSPS) is 26.8. The molecule has 1 saturated carbocycles. The molecule has 1 atom stereocenters. The summed E-state index contributed by atoms with van der Waals surface area (Å²) in [6.45, 7) is 2.66. The van der Waals surface area contributed by atoms with Gasteiger partial charge in [-0.05, 0) is 38.1 Å². The number of carbonyl (C=O) groups excluding carboxylic acids is 1. The lowest BCUT2D eigenvalue weighted by Gasteiger charge is -2.32. The Bertz CT molecular complexity index is 253. The molecule has 2 rings (SSSR count). The van der Waals surface area contributed by atoms with Gasteiger partial charge in [-0.25, -0.2) is 0 Å². The maximum absolute atomic E-state index is 11.9. The number of piperidine rings is 1. The van der Waals surface area contributed by atoms with Crippen molar-refractivity contribution < 1.29 is 9.90 Å². The molecule has 1 aliphatic heterocycles. The number of amides is 1. The Balaban J connectivity index is 1.77. The zero-order valence-corrected chi connectivity index (χ0v) is 10.1. The molecule has 1 saturated heterocycles. The molecule has 1 aliphatic carbocycles. The number of aliphatic hydroxyl groups excluding tert-OH is 1. The highest BCUT2D eigenvalue weighted by Gasteiger charge is 2.30. The van der Waals surface area contributed by atoms with Crippen molar-refractivity contribution in [1.29, 1.82) is 0 Å². The highest BCUT2D eigenvalue weighted by Crippen LogP contribution is 2.25. The lowest BCUT2D eigenvalue weighted by atomic mass is 9.99. The van der Waals surface area contributed by atoms with Gasteiger partial charge in [0, 0.05) is 26.2 Å². The molecule has 0 aromatic carbocycles. The molecule has 2 fully saturated rings. The molecule has 4 heteroatoms. The molecule has 92 valence electrons. The van der Waals surface area contributed by atoms with Crippen molar-refractivity contribution >= 4 is 5.91 Å². The first-order valence-electron chi connectivity index (χ1n) is 6.29. The van der Waals surface area contributed by atoms with Crippen molar-refractivity contribution in [3.63, 3.8) is 0 Å². The van der Waals surface area contributed by atoms with E-state index in [2.05, 4.69) is 4.90 Å². The minimum absolute atomic E-state index is 0.237. The summed E-state index contributed by atoms with van der Waals surface area (Å²) >= 11 is 0. The van der Waals surface area contributed by atoms with Gasteiger partial charge in [-0.3, -0.25) is 9.69 Å². The monoisotopic (exact) mass is 226 g/mol. The fraction of sp³-hybridized carbons (Fsp3) is 0.917. The predicted molar refractivity (Wildman–Crippen MR) is 62.0 cm³/mol.